The third kappa shape index (κ3) is 3.77. The number of hydrogen-bond acceptors (Lipinski definition) is 5. The zero-order valence-electron chi connectivity index (χ0n) is 11.9. The van der Waals surface area contributed by atoms with Crippen LogP contribution in [0.25, 0.3) is 0 Å². The van der Waals surface area contributed by atoms with Gasteiger partial charge in [0.25, 0.3) is 0 Å². The second-order valence-corrected chi connectivity index (χ2v) is 5.34. The van der Waals surface area contributed by atoms with Crippen LogP contribution in [0.3, 0.4) is 0 Å². The van der Waals surface area contributed by atoms with E-state index in [-0.39, 0.29) is 12.2 Å². The molecule has 21 heavy (non-hydrogen) atoms. The molecule has 0 bridgehead atoms. The number of rotatable bonds is 4. The average Bonchev–Trinajstić information content (AvgIpc) is 2.49. The van der Waals surface area contributed by atoms with Crippen LogP contribution < -0.4 is 0 Å². The Morgan fingerprint density at radius 3 is 2.38 bits per heavy atom. The Morgan fingerprint density at radius 1 is 1.10 bits per heavy atom. The van der Waals surface area contributed by atoms with Gasteiger partial charge < -0.3 is 20.4 Å². The van der Waals surface area contributed by atoms with Crippen LogP contribution in [-0.2, 0) is 6.42 Å². The second kappa shape index (κ2) is 6.95. The summed E-state index contributed by atoms with van der Waals surface area (Å²) in [5.74, 6) is 0. The highest BCUT2D eigenvalue weighted by Crippen LogP contribution is 2.22. The van der Waals surface area contributed by atoms with Gasteiger partial charge in [-0.1, -0.05) is 36.4 Å². The van der Waals surface area contributed by atoms with Crippen molar-refractivity contribution in [3.05, 3.63) is 47.5 Å². The van der Waals surface area contributed by atoms with E-state index in [4.69, 9.17) is 0 Å². The molecule has 5 nitrogen and oxygen atoms in total. The molecule has 4 N–H and O–H groups in total. The molecule has 0 radical (unpaired) electrons. The van der Waals surface area contributed by atoms with E-state index in [0.29, 0.717) is 6.42 Å². The third-order valence-electron chi connectivity index (χ3n) is 3.64. The molecule has 1 aromatic rings. The lowest BCUT2D eigenvalue weighted by atomic mass is 9.88. The lowest BCUT2D eigenvalue weighted by Gasteiger charge is -2.32. The van der Waals surface area contributed by atoms with Gasteiger partial charge in [-0.15, -0.1) is 0 Å². The van der Waals surface area contributed by atoms with Gasteiger partial charge in [-0.2, -0.15) is 0 Å². The number of nitrogens with zero attached hydrogens (tertiary/aromatic N) is 1. The SMILES string of the molecule is C/C(Cc1ccccc1)=N/C1C=C(CO)C(O)C(O)C1O. The summed E-state index contributed by atoms with van der Waals surface area (Å²) >= 11 is 0. The Kier molecular flexibility index (Phi) is 5.25. The van der Waals surface area contributed by atoms with Gasteiger partial charge in [0.05, 0.1) is 12.6 Å². The predicted octanol–water partition coefficient (Wildman–Crippen LogP) is 0.0736. The van der Waals surface area contributed by atoms with Crippen LogP contribution in [0.1, 0.15) is 12.5 Å². The molecule has 1 aliphatic rings. The molecule has 2 rings (SSSR count). The van der Waals surface area contributed by atoms with Gasteiger partial charge in [-0.3, -0.25) is 4.99 Å². The summed E-state index contributed by atoms with van der Waals surface area (Å²) in [6, 6.07) is 9.15. The quantitative estimate of drug-likeness (QED) is 0.467. The lowest BCUT2D eigenvalue weighted by molar-refractivity contribution is -0.0593. The minimum Gasteiger partial charge on any atom is -0.392 e. The van der Waals surface area contributed by atoms with Crippen molar-refractivity contribution >= 4 is 5.71 Å². The summed E-state index contributed by atoms with van der Waals surface area (Å²) in [7, 11) is 0. The first-order valence-electron chi connectivity index (χ1n) is 6.95. The van der Waals surface area contributed by atoms with Crippen molar-refractivity contribution in [2.75, 3.05) is 6.61 Å². The number of aliphatic hydroxyl groups is 4. The Morgan fingerprint density at radius 2 is 1.76 bits per heavy atom. The van der Waals surface area contributed by atoms with E-state index in [1.54, 1.807) is 0 Å². The fourth-order valence-corrected chi connectivity index (χ4v) is 2.48. The Bertz CT molecular complexity index is 526. The molecule has 0 spiro atoms. The first-order chi connectivity index (χ1) is 10.0. The van der Waals surface area contributed by atoms with E-state index in [9.17, 15) is 20.4 Å². The minimum atomic E-state index is -1.34. The molecule has 5 heteroatoms. The van der Waals surface area contributed by atoms with E-state index < -0.39 is 24.4 Å². The van der Waals surface area contributed by atoms with Crippen molar-refractivity contribution < 1.29 is 20.4 Å². The topological polar surface area (TPSA) is 93.3 Å². The van der Waals surface area contributed by atoms with E-state index in [1.807, 2.05) is 37.3 Å². The van der Waals surface area contributed by atoms with Gasteiger partial charge in [0.15, 0.2) is 0 Å². The molecule has 0 aliphatic heterocycles. The van der Waals surface area contributed by atoms with E-state index >= 15 is 0 Å². The van der Waals surface area contributed by atoms with E-state index in [1.165, 1.54) is 6.08 Å². The summed E-state index contributed by atoms with van der Waals surface area (Å²) in [6.07, 6.45) is -1.59. The summed E-state index contributed by atoms with van der Waals surface area (Å²) in [5, 5.41) is 38.7. The number of aliphatic hydroxyl groups excluding tert-OH is 4. The average molecular weight is 291 g/mol. The predicted molar refractivity (Wildman–Crippen MR) is 80.2 cm³/mol. The van der Waals surface area contributed by atoms with E-state index in [2.05, 4.69) is 4.99 Å². The molecule has 0 aromatic heterocycles. The number of benzene rings is 1. The molecule has 4 unspecified atom stereocenters. The van der Waals surface area contributed by atoms with Gasteiger partial charge in [-0.05, 0) is 18.1 Å². The lowest BCUT2D eigenvalue weighted by Crippen LogP contribution is -2.48. The molecule has 1 aliphatic carbocycles. The minimum absolute atomic E-state index is 0.286. The van der Waals surface area contributed by atoms with Crippen LogP contribution in [0.15, 0.2) is 47.0 Å². The van der Waals surface area contributed by atoms with Crippen LogP contribution in [0, 0.1) is 0 Å². The maximum Gasteiger partial charge on any atom is 0.112 e. The smallest absolute Gasteiger partial charge is 0.112 e. The molecule has 114 valence electrons. The maximum absolute atomic E-state index is 9.99. The number of hydrogen-bond donors (Lipinski definition) is 4. The molecule has 1 aromatic carbocycles. The number of aliphatic imine (C=N–C) groups is 1. The fourth-order valence-electron chi connectivity index (χ4n) is 2.48. The van der Waals surface area contributed by atoms with Gasteiger partial charge in [0.1, 0.15) is 18.3 Å². The zero-order valence-corrected chi connectivity index (χ0v) is 11.9. The van der Waals surface area contributed by atoms with Crippen LogP contribution in [0.4, 0.5) is 0 Å². The van der Waals surface area contributed by atoms with Gasteiger partial charge >= 0.3 is 0 Å². The third-order valence-corrected chi connectivity index (χ3v) is 3.64. The first kappa shape index (κ1) is 15.9. The largest absolute Gasteiger partial charge is 0.392 e. The Balaban J connectivity index is 2.16. The molecular weight excluding hydrogens is 270 g/mol. The van der Waals surface area contributed by atoms with Crippen LogP contribution in [0.2, 0.25) is 0 Å². The molecule has 0 saturated carbocycles. The standard InChI is InChI=1S/C16H21NO4/c1-10(7-11-5-3-2-4-6-11)17-13-8-12(9-18)14(19)16(21)15(13)20/h2-6,8,13-16,18-21H,7,9H2,1H3/b17-10-. The molecule has 4 atom stereocenters. The molecular formula is C16H21NO4. The van der Waals surface area contributed by atoms with E-state index in [0.717, 1.165) is 11.3 Å². The molecule has 0 heterocycles. The normalized spacial score (nSPS) is 30.1. The van der Waals surface area contributed by atoms with Crippen LogP contribution in [0.5, 0.6) is 0 Å². The summed E-state index contributed by atoms with van der Waals surface area (Å²) < 4.78 is 0. The van der Waals surface area contributed by atoms with Crippen molar-refractivity contribution in [3.8, 4) is 0 Å². The zero-order chi connectivity index (χ0) is 15.4. The van der Waals surface area contributed by atoms with Crippen molar-refractivity contribution in [1.82, 2.24) is 0 Å². The van der Waals surface area contributed by atoms with Gasteiger partial charge in [0, 0.05) is 12.1 Å². The highest BCUT2D eigenvalue weighted by atomic mass is 16.4. The van der Waals surface area contributed by atoms with Gasteiger partial charge in [0.2, 0.25) is 0 Å². The molecule has 0 amide bonds. The summed E-state index contributed by atoms with van der Waals surface area (Å²) in [6.45, 7) is 1.48. The molecule has 0 saturated heterocycles. The van der Waals surface area contributed by atoms with Crippen LogP contribution in [-0.4, -0.2) is 57.1 Å². The summed E-state index contributed by atoms with van der Waals surface area (Å²) in [4.78, 5) is 4.40. The Labute approximate surface area is 123 Å². The van der Waals surface area contributed by atoms with Crippen molar-refractivity contribution in [2.24, 2.45) is 4.99 Å². The monoisotopic (exact) mass is 291 g/mol. The van der Waals surface area contributed by atoms with Crippen molar-refractivity contribution in [1.29, 1.82) is 0 Å². The highest BCUT2D eigenvalue weighted by molar-refractivity contribution is 5.84. The Hall–Kier alpha value is -1.53. The van der Waals surface area contributed by atoms with Crippen molar-refractivity contribution in [2.45, 2.75) is 37.7 Å². The first-order valence-corrected chi connectivity index (χ1v) is 6.95. The van der Waals surface area contributed by atoms with Gasteiger partial charge in [-0.25, -0.2) is 0 Å². The maximum atomic E-state index is 9.99. The highest BCUT2D eigenvalue weighted by Gasteiger charge is 2.36. The summed E-state index contributed by atoms with van der Waals surface area (Å²) in [5.41, 5.74) is 2.20. The molecule has 0 fully saturated rings. The fraction of sp³-hybridized carbons (Fsp3) is 0.438. The van der Waals surface area contributed by atoms with Crippen LogP contribution >= 0.6 is 0 Å². The van der Waals surface area contributed by atoms with Crippen molar-refractivity contribution in [3.63, 3.8) is 0 Å². The second-order valence-electron chi connectivity index (χ2n) is 5.34.